The van der Waals surface area contributed by atoms with Gasteiger partial charge in [-0.2, -0.15) is 10.1 Å². The van der Waals surface area contributed by atoms with Crippen LogP contribution >= 0.6 is 0 Å². The Hall–Kier alpha value is -1.69. The number of aryl methyl sites for hydroxylation is 1. The van der Waals surface area contributed by atoms with E-state index >= 15 is 0 Å². The SMILES string of the molecule is Cn1cc(-c2noc(C3(C)CCCCN3)n2)cn1. The van der Waals surface area contributed by atoms with E-state index in [2.05, 4.69) is 27.5 Å². The molecular weight excluding hydrogens is 230 g/mol. The highest BCUT2D eigenvalue weighted by Crippen LogP contribution is 2.29. The average Bonchev–Trinajstić information content (AvgIpc) is 2.98. The van der Waals surface area contributed by atoms with Crippen molar-refractivity contribution in [3.8, 4) is 11.4 Å². The summed E-state index contributed by atoms with van der Waals surface area (Å²) in [6, 6.07) is 0. The molecule has 0 aliphatic carbocycles. The van der Waals surface area contributed by atoms with Gasteiger partial charge >= 0.3 is 0 Å². The van der Waals surface area contributed by atoms with Crippen LogP contribution in [0.25, 0.3) is 11.4 Å². The van der Waals surface area contributed by atoms with Crippen molar-refractivity contribution in [3.05, 3.63) is 18.3 Å². The van der Waals surface area contributed by atoms with Crippen LogP contribution in [0.5, 0.6) is 0 Å². The summed E-state index contributed by atoms with van der Waals surface area (Å²) >= 11 is 0. The van der Waals surface area contributed by atoms with Gasteiger partial charge in [-0.25, -0.2) is 0 Å². The number of hydrogen-bond acceptors (Lipinski definition) is 5. The van der Waals surface area contributed by atoms with Gasteiger partial charge in [0.1, 0.15) is 0 Å². The Balaban J connectivity index is 1.89. The molecule has 1 saturated heterocycles. The summed E-state index contributed by atoms with van der Waals surface area (Å²) in [5.41, 5.74) is 0.693. The summed E-state index contributed by atoms with van der Waals surface area (Å²) in [4.78, 5) is 4.50. The van der Waals surface area contributed by atoms with E-state index in [1.807, 2.05) is 13.2 Å². The molecule has 2 aromatic rings. The van der Waals surface area contributed by atoms with E-state index in [0.29, 0.717) is 11.7 Å². The standard InChI is InChI=1S/C12H17N5O/c1-12(5-3-4-6-13-12)11-15-10(16-18-11)9-7-14-17(2)8-9/h7-8,13H,3-6H2,1-2H3. The zero-order chi connectivity index (χ0) is 12.6. The largest absolute Gasteiger partial charge is 0.337 e. The molecule has 0 saturated carbocycles. The molecule has 1 fully saturated rings. The molecule has 1 N–H and O–H groups in total. The van der Waals surface area contributed by atoms with Crippen molar-refractivity contribution in [2.24, 2.45) is 7.05 Å². The number of piperidine rings is 1. The summed E-state index contributed by atoms with van der Waals surface area (Å²) in [5, 5.41) is 11.6. The maximum Gasteiger partial charge on any atom is 0.246 e. The lowest BCUT2D eigenvalue weighted by atomic mass is 9.91. The summed E-state index contributed by atoms with van der Waals surface area (Å²) in [6.07, 6.45) is 7.05. The Morgan fingerprint density at radius 3 is 3.00 bits per heavy atom. The van der Waals surface area contributed by atoms with Crippen molar-refractivity contribution in [2.45, 2.75) is 31.7 Å². The predicted molar refractivity (Wildman–Crippen MR) is 65.7 cm³/mol. The molecule has 1 atom stereocenters. The van der Waals surface area contributed by atoms with E-state index < -0.39 is 0 Å². The van der Waals surface area contributed by atoms with Gasteiger partial charge in [0.25, 0.3) is 0 Å². The maximum absolute atomic E-state index is 5.41. The van der Waals surface area contributed by atoms with Gasteiger partial charge in [-0.15, -0.1) is 0 Å². The van der Waals surface area contributed by atoms with E-state index in [1.165, 1.54) is 12.8 Å². The van der Waals surface area contributed by atoms with Crippen LogP contribution in [0.3, 0.4) is 0 Å². The maximum atomic E-state index is 5.41. The average molecular weight is 247 g/mol. The first-order valence-corrected chi connectivity index (χ1v) is 6.26. The zero-order valence-electron chi connectivity index (χ0n) is 10.7. The van der Waals surface area contributed by atoms with Gasteiger partial charge in [0.05, 0.1) is 17.3 Å². The third-order valence-electron chi connectivity index (χ3n) is 3.48. The van der Waals surface area contributed by atoms with Gasteiger partial charge < -0.3 is 9.84 Å². The lowest BCUT2D eigenvalue weighted by Gasteiger charge is -2.31. The number of rotatable bonds is 2. The second-order valence-corrected chi connectivity index (χ2v) is 5.04. The monoisotopic (exact) mass is 247 g/mol. The molecule has 1 aliphatic heterocycles. The smallest absolute Gasteiger partial charge is 0.246 e. The minimum Gasteiger partial charge on any atom is -0.337 e. The van der Waals surface area contributed by atoms with Crippen molar-refractivity contribution in [3.63, 3.8) is 0 Å². The van der Waals surface area contributed by atoms with Gasteiger partial charge in [0, 0.05) is 13.2 Å². The van der Waals surface area contributed by atoms with Gasteiger partial charge in [0.2, 0.25) is 11.7 Å². The third kappa shape index (κ3) is 1.92. The van der Waals surface area contributed by atoms with Gasteiger partial charge in [0.15, 0.2) is 0 Å². The van der Waals surface area contributed by atoms with E-state index in [-0.39, 0.29) is 5.54 Å². The second-order valence-electron chi connectivity index (χ2n) is 5.04. The summed E-state index contributed by atoms with van der Waals surface area (Å²) in [6.45, 7) is 3.12. The van der Waals surface area contributed by atoms with Crippen LogP contribution < -0.4 is 5.32 Å². The van der Waals surface area contributed by atoms with E-state index in [0.717, 1.165) is 18.5 Å². The lowest BCUT2D eigenvalue weighted by molar-refractivity contribution is 0.207. The Morgan fingerprint density at radius 2 is 2.33 bits per heavy atom. The number of nitrogens with one attached hydrogen (secondary N) is 1. The van der Waals surface area contributed by atoms with Gasteiger partial charge in [-0.1, -0.05) is 5.16 Å². The summed E-state index contributed by atoms with van der Waals surface area (Å²) in [5.74, 6) is 1.27. The molecule has 0 spiro atoms. The highest BCUT2D eigenvalue weighted by Gasteiger charge is 2.34. The minimum absolute atomic E-state index is 0.189. The Kier molecular flexibility index (Phi) is 2.66. The fraction of sp³-hybridized carbons (Fsp3) is 0.583. The molecule has 0 bridgehead atoms. The number of nitrogens with zero attached hydrogens (tertiary/aromatic N) is 4. The van der Waals surface area contributed by atoms with E-state index in [1.54, 1.807) is 10.9 Å². The fourth-order valence-electron chi connectivity index (χ4n) is 2.34. The first kappa shape index (κ1) is 11.4. The molecule has 0 amide bonds. The van der Waals surface area contributed by atoms with Gasteiger partial charge in [-0.3, -0.25) is 4.68 Å². The molecule has 3 heterocycles. The molecule has 6 nitrogen and oxygen atoms in total. The van der Waals surface area contributed by atoms with Crippen molar-refractivity contribution in [2.75, 3.05) is 6.54 Å². The van der Waals surface area contributed by atoms with Crippen molar-refractivity contribution < 1.29 is 4.52 Å². The molecule has 0 aromatic carbocycles. The molecular formula is C12H17N5O. The number of aromatic nitrogens is 4. The van der Waals surface area contributed by atoms with Crippen LogP contribution in [-0.2, 0) is 12.6 Å². The molecule has 18 heavy (non-hydrogen) atoms. The van der Waals surface area contributed by atoms with Crippen LogP contribution in [0.1, 0.15) is 32.1 Å². The first-order valence-electron chi connectivity index (χ1n) is 6.26. The Bertz CT molecular complexity index is 538. The normalized spacial score (nSPS) is 24.3. The van der Waals surface area contributed by atoms with E-state index in [4.69, 9.17) is 4.52 Å². The highest BCUT2D eigenvalue weighted by atomic mass is 16.5. The predicted octanol–water partition coefficient (Wildman–Crippen LogP) is 1.46. The van der Waals surface area contributed by atoms with Crippen LogP contribution in [0.2, 0.25) is 0 Å². The molecule has 1 aliphatic rings. The van der Waals surface area contributed by atoms with Crippen molar-refractivity contribution in [1.29, 1.82) is 0 Å². The van der Waals surface area contributed by atoms with Gasteiger partial charge in [-0.05, 0) is 32.7 Å². The minimum atomic E-state index is -0.189. The third-order valence-corrected chi connectivity index (χ3v) is 3.48. The second kappa shape index (κ2) is 4.20. The molecule has 2 aromatic heterocycles. The van der Waals surface area contributed by atoms with Crippen LogP contribution in [0.15, 0.2) is 16.9 Å². The van der Waals surface area contributed by atoms with Crippen molar-refractivity contribution in [1.82, 2.24) is 25.2 Å². The van der Waals surface area contributed by atoms with E-state index in [9.17, 15) is 0 Å². The Morgan fingerprint density at radius 1 is 1.44 bits per heavy atom. The van der Waals surface area contributed by atoms with Crippen molar-refractivity contribution >= 4 is 0 Å². The highest BCUT2D eigenvalue weighted by molar-refractivity contribution is 5.51. The molecule has 3 rings (SSSR count). The molecule has 96 valence electrons. The van der Waals surface area contributed by atoms with Crippen LogP contribution in [0.4, 0.5) is 0 Å². The Labute approximate surface area is 105 Å². The quantitative estimate of drug-likeness (QED) is 0.870. The topological polar surface area (TPSA) is 68.8 Å². The lowest BCUT2D eigenvalue weighted by Crippen LogP contribution is -2.43. The number of hydrogen-bond donors (Lipinski definition) is 1. The fourth-order valence-corrected chi connectivity index (χ4v) is 2.34. The molecule has 6 heteroatoms. The zero-order valence-corrected chi connectivity index (χ0v) is 10.7. The molecule has 1 unspecified atom stereocenters. The van der Waals surface area contributed by atoms with Crippen LogP contribution in [-0.4, -0.2) is 26.5 Å². The first-order chi connectivity index (χ1) is 8.67. The summed E-state index contributed by atoms with van der Waals surface area (Å²) in [7, 11) is 1.87. The van der Waals surface area contributed by atoms with Crippen LogP contribution in [0, 0.1) is 0 Å². The summed E-state index contributed by atoms with van der Waals surface area (Å²) < 4.78 is 7.14. The molecule has 0 radical (unpaired) electrons.